The largest absolute Gasteiger partial charge is 0.396 e. The van der Waals surface area contributed by atoms with Crippen LogP contribution >= 0.6 is 11.6 Å². The molecule has 21 heavy (non-hydrogen) atoms. The lowest BCUT2D eigenvalue weighted by atomic mass is 10.2. The highest BCUT2D eigenvalue weighted by Gasteiger charge is 2.16. The lowest BCUT2D eigenvalue weighted by Crippen LogP contribution is -2.30. The molecule has 0 spiro atoms. The normalized spacial score (nSPS) is 12.2. The molecule has 2 N–H and O–H groups in total. The van der Waals surface area contributed by atoms with Crippen molar-refractivity contribution in [2.24, 2.45) is 5.92 Å². The standard InChI is InChI=1S/C14H17ClN4O2/c1-9(8-20)7-16-14(21)13-17-10(2)19(18-13)12-6-4-3-5-11(12)15/h3-6,9,20H,7-8H2,1-2H3,(H,16,21)/t9-/m1/s1. The average Bonchev–Trinajstić information content (AvgIpc) is 2.86. The van der Waals surface area contributed by atoms with E-state index in [1.54, 1.807) is 19.1 Å². The third kappa shape index (κ3) is 3.59. The number of nitrogens with one attached hydrogen (secondary N) is 1. The van der Waals surface area contributed by atoms with Crippen LogP contribution in [0.1, 0.15) is 23.4 Å². The molecule has 112 valence electrons. The van der Waals surface area contributed by atoms with E-state index in [2.05, 4.69) is 15.4 Å². The Balaban J connectivity index is 2.20. The van der Waals surface area contributed by atoms with Crippen molar-refractivity contribution in [2.75, 3.05) is 13.2 Å². The number of hydrogen-bond acceptors (Lipinski definition) is 4. The van der Waals surface area contributed by atoms with Crippen molar-refractivity contribution in [2.45, 2.75) is 13.8 Å². The summed E-state index contributed by atoms with van der Waals surface area (Å²) in [6, 6.07) is 7.22. The van der Waals surface area contributed by atoms with E-state index < -0.39 is 0 Å². The molecule has 7 heteroatoms. The number of aliphatic hydroxyl groups excluding tert-OH is 1. The second kappa shape index (κ2) is 6.69. The molecule has 0 saturated carbocycles. The molecule has 0 aliphatic rings. The first-order chi connectivity index (χ1) is 10.0. The van der Waals surface area contributed by atoms with Crippen molar-refractivity contribution in [3.8, 4) is 5.69 Å². The van der Waals surface area contributed by atoms with E-state index in [1.807, 2.05) is 19.1 Å². The summed E-state index contributed by atoms with van der Waals surface area (Å²) in [6.07, 6.45) is 0. The van der Waals surface area contributed by atoms with Gasteiger partial charge in [0.05, 0.1) is 10.7 Å². The third-order valence-electron chi connectivity index (χ3n) is 2.98. The molecule has 0 fully saturated rings. The molecule has 0 radical (unpaired) electrons. The molecular weight excluding hydrogens is 292 g/mol. The van der Waals surface area contributed by atoms with Crippen LogP contribution in [-0.2, 0) is 0 Å². The second-order valence-corrected chi connectivity index (χ2v) is 5.25. The van der Waals surface area contributed by atoms with Crippen LogP contribution < -0.4 is 5.32 Å². The maximum Gasteiger partial charge on any atom is 0.290 e. The van der Waals surface area contributed by atoms with E-state index >= 15 is 0 Å². The molecule has 0 saturated heterocycles. The minimum absolute atomic E-state index is 0.0132. The topological polar surface area (TPSA) is 80.0 Å². The maximum absolute atomic E-state index is 12.0. The number of aromatic nitrogens is 3. The van der Waals surface area contributed by atoms with E-state index in [-0.39, 0.29) is 24.3 Å². The van der Waals surface area contributed by atoms with Crippen molar-refractivity contribution < 1.29 is 9.90 Å². The first-order valence-electron chi connectivity index (χ1n) is 6.60. The van der Waals surface area contributed by atoms with Gasteiger partial charge in [-0.2, -0.15) is 0 Å². The van der Waals surface area contributed by atoms with Gasteiger partial charge in [-0.25, -0.2) is 9.67 Å². The molecule has 0 bridgehead atoms. The molecule has 0 aliphatic carbocycles. The van der Waals surface area contributed by atoms with E-state index in [1.165, 1.54) is 4.68 Å². The summed E-state index contributed by atoms with van der Waals surface area (Å²) in [5, 5.41) is 16.4. The van der Waals surface area contributed by atoms with Gasteiger partial charge < -0.3 is 10.4 Å². The smallest absolute Gasteiger partial charge is 0.290 e. The lowest BCUT2D eigenvalue weighted by Gasteiger charge is -2.07. The highest BCUT2D eigenvalue weighted by Crippen LogP contribution is 2.20. The SMILES string of the molecule is Cc1nc(C(=O)NC[C@@H](C)CO)nn1-c1ccccc1Cl. The molecule has 1 aromatic carbocycles. The van der Waals surface area contributed by atoms with Gasteiger partial charge in [-0.3, -0.25) is 4.79 Å². The molecule has 1 heterocycles. The quantitative estimate of drug-likeness (QED) is 0.879. The monoisotopic (exact) mass is 308 g/mol. The highest BCUT2D eigenvalue weighted by molar-refractivity contribution is 6.32. The Morgan fingerprint density at radius 2 is 2.19 bits per heavy atom. The van der Waals surface area contributed by atoms with Gasteiger partial charge in [-0.05, 0) is 25.0 Å². The van der Waals surface area contributed by atoms with Crippen molar-refractivity contribution in [3.05, 3.63) is 40.9 Å². The fourth-order valence-corrected chi connectivity index (χ4v) is 1.96. The number of carbonyl (C=O) groups is 1. The number of aliphatic hydroxyl groups is 1. The first kappa shape index (κ1) is 15.5. The summed E-state index contributed by atoms with van der Waals surface area (Å²) in [7, 11) is 0. The summed E-state index contributed by atoms with van der Waals surface area (Å²) in [6.45, 7) is 3.97. The number of benzene rings is 1. The van der Waals surface area contributed by atoms with Crippen LogP contribution in [0.3, 0.4) is 0 Å². The average molecular weight is 309 g/mol. The van der Waals surface area contributed by atoms with Gasteiger partial charge in [0.15, 0.2) is 0 Å². The summed E-state index contributed by atoms with van der Waals surface area (Å²) in [4.78, 5) is 16.1. The Labute approximate surface area is 127 Å². The summed E-state index contributed by atoms with van der Waals surface area (Å²) in [5.74, 6) is 0.269. The van der Waals surface area contributed by atoms with Gasteiger partial charge in [-0.15, -0.1) is 5.10 Å². The molecule has 1 atom stereocenters. The van der Waals surface area contributed by atoms with Crippen LogP contribution in [0.25, 0.3) is 5.69 Å². The summed E-state index contributed by atoms with van der Waals surface area (Å²) in [5.41, 5.74) is 0.673. The third-order valence-corrected chi connectivity index (χ3v) is 3.30. The predicted molar refractivity (Wildman–Crippen MR) is 79.7 cm³/mol. The molecule has 6 nitrogen and oxygen atoms in total. The van der Waals surface area contributed by atoms with Crippen LogP contribution in [0.15, 0.2) is 24.3 Å². The molecule has 0 aliphatic heterocycles. The summed E-state index contributed by atoms with van der Waals surface area (Å²) >= 11 is 6.12. The number of aryl methyl sites for hydroxylation is 1. The summed E-state index contributed by atoms with van der Waals surface area (Å²) < 4.78 is 1.53. The van der Waals surface area contributed by atoms with Crippen LogP contribution in [-0.4, -0.2) is 38.9 Å². The zero-order valence-corrected chi connectivity index (χ0v) is 12.6. The number of hydrogen-bond donors (Lipinski definition) is 2. The minimum Gasteiger partial charge on any atom is -0.396 e. The fourth-order valence-electron chi connectivity index (χ4n) is 1.75. The van der Waals surface area contributed by atoms with Crippen molar-refractivity contribution in [1.29, 1.82) is 0 Å². The molecule has 2 aromatic rings. The van der Waals surface area contributed by atoms with E-state index in [0.717, 1.165) is 0 Å². The van der Waals surface area contributed by atoms with Gasteiger partial charge in [0, 0.05) is 13.2 Å². The maximum atomic E-state index is 12.0. The zero-order chi connectivity index (χ0) is 15.4. The van der Waals surface area contributed by atoms with Crippen LogP contribution in [0, 0.1) is 12.8 Å². The van der Waals surface area contributed by atoms with Crippen molar-refractivity contribution in [1.82, 2.24) is 20.1 Å². The van der Waals surface area contributed by atoms with Gasteiger partial charge in [0.25, 0.3) is 5.91 Å². The number of para-hydroxylation sites is 1. The van der Waals surface area contributed by atoms with Crippen LogP contribution in [0.2, 0.25) is 5.02 Å². The Bertz CT molecular complexity index is 642. The Morgan fingerprint density at radius 1 is 1.48 bits per heavy atom. The van der Waals surface area contributed by atoms with Crippen molar-refractivity contribution in [3.63, 3.8) is 0 Å². The van der Waals surface area contributed by atoms with Gasteiger partial charge in [0.1, 0.15) is 5.82 Å². The predicted octanol–water partition coefficient (Wildman–Crippen LogP) is 1.59. The van der Waals surface area contributed by atoms with Gasteiger partial charge >= 0.3 is 0 Å². The van der Waals surface area contributed by atoms with Gasteiger partial charge in [-0.1, -0.05) is 30.7 Å². The highest BCUT2D eigenvalue weighted by atomic mass is 35.5. The van der Waals surface area contributed by atoms with Crippen LogP contribution in [0.5, 0.6) is 0 Å². The second-order valence-electron chi connectivity index (χ2n) is 4.84. The number of nitrogens with zero attached hydrogens (tertiary/aromatic N) is 3. The number of halogens is 1. The minimum atomic E-state index is -0.371. The lowest BCUT2D eigenvalue weighted by molar-refractivity contribution is 0.0932. The molecule has 0 unspecified atom stereocenters. The Morgan fingerprint density at radius 3 is 2.86 bits per heavy atom. The van der Waals surface area contributed by atoms with Crippen LogP contribution in [0.4, 0.5) is 0 Å². The molecule has 1 amide bonds. The Kier molecular flexibility index (Phi) is 4.93. The van der Waals surface area contributed by atoms with E-state index in [9.17, 15) is 4.79 Å². The van der Waals surface area contributed by atoms with Gasteiger partial charge in [0.2, 0.25) is 5.82 Å². The number of rotatable bonds is 5. The molecular formula is C14H17ClN4O2. The van der Waals surface area contributed by atoms with E-state index in [0.29, 0.717) is 23.1 Å². The number of carbonyl (C=O) groups excluding carboxylic acids is 1. The number of amides is 1. The van der Waals surface area contributed by atoms with Crippen molar-refractivity contribution >= 4 is 17.5 Å². The Hall–Kier alpha value is -1.92. The zero-order valence-electron chi connectivity index (χ0n) is 11.9. The molecule has 1 aromatic heterocycles. The van der Waals surface area contributed by atoms with E-state index in [4.69, 9.17) is 16.7 Å². The first-order valence-corrected chi connectivity index (χ1v) is 6.98. The molecule has 2 rings (SSSR count). The fraction of sp³-hybridized carbons (Fsp3) is 0.357.